The summed E-state index contributed by atoms with van der Waals surface area (Å²) in [4.78, 5) is 24.6. The number of carbonyl (C=O) groups is 2. The van der Waals surface area contributed by atoms with Crippen LogP contribution in [0.3, 0.4) is 0 Å². The Morgan fingerprint density at radius 3 is 1.90 bits per heavy atom. The van der Waals surface area contributed by atoms with Gasteiger partial charge in [0.1, 0.15) is 0 Å². The van der Waals surface area contributed by atoms with Gasteiger partial charge >= 0.3 is 12.1 Å². The summed E-state index contributed by atoms with van der Waals surface area (Å²) >= 11 is 0. The van der Waals surface area contributed by atoms with E-state index in [0.29, 0.717) is 24.2 Å². The molecule has 160 valence electrons. The Kier molecular flexibility index (Phi) is 7.33. The second-order valence-electron chi connectivity index (χ2n) is 8.14. The average molecular weight is 405 g/mol. The molecule has 6 N–H and O–H groups in total. The van der Waals surface area contributed by atoms with Crippen molar-refractivity contribution in [2.45, 2.75) is 82.6 Å². The van der Waals surface area contributed by atoms with Crippen LogP contribution in [0.1, 0.15) is 56.9 Å². The van der Waals surface area contributed by atoms with Crippen molar-refractivity contribution in [3.05, 3.63) is 23.8 Å². The van der Waals surface area contributed by atoms with Crippen LogP contribution in [-0.2, 0) is 0 Å². The van der Waals surface area contributed by atoms with E-state index in [1.807, 2.05) is 13.0 Å². The van der Waals surface area contributed by atoms with Gasteiger partial charge in [0.15, 0.2) is 0 Å². The average Bonchev–Trinajstić information content (AvgIpc) is 2.68. The maximum atomic E-state index is 12.3. The summed E-state index contributed by atoms with van der Waals surface area (Å²) in [7, 11) is 0. The van der Waals surface area contributed by atoms with Gasteiger partial charge in [0.25, 0.3) is 0 Å². The summed E-state index contributed by atoms with van der Waals surface area (Å²) in [6.07, 6.45) is 5.86. The van der Waals surface area contributed by atoms with Crippen LogP contribution < -0.4 is 21.3 Å². The molecule has 2 aliphatic carbocycles. The van der Waals surface area contributed by atoms with Crippen LogP contribution in [0.4, 0.5) is 21.0 Å². The zero-order chi connectivity index (χ0) is 20.8. The van der Waals surface area contributed by atoms with Crippen LogP contribution in [0.15, 0.2) is 18.2 Å². The Morgan fingerprint density at radius 2 is 1.34 bits per heavy atom. The van der Waals surface area contributed by atoms with Gasteiger partial charge in [-0.1, -0.05) is 31.7 Å². The Hall–Kier alpha value is -2.32. The first-order valence-electron chi connectivity index (χ1n) is 10.5. The van der Waals surface area contributed by atoms with Crippen molar-refractivity contribution >= 4 is 23.4 Å². The number of aryl methyl sites for hydroxylation is 1. The second-order valence-corrected chi connectivity index (χ2v) is 8.14. The van der Waals surface area contributed by atoms with E-state index in [0.717, 1.165) is 44.1 Å². The fourth-order valence-corrected chi connectivity index (χ4v) is 4.06. The highest BCUT2D eigenvalue weighted by molar-refractivity contribution is 5.93. The summed E-state index contributed by atoms with van der Waals surface area (Å²) in [5.74, 6) is 0. The molecule has 4 atom stereocenters. The molecule has 4 amide bonds. The van der Waals surface area contributed by atoms with Crippen LogP contribution in [0, 0.1) is 6.92 Å². The molecule has 0 aliphatic heterocycles. The summed E-state index contributed by atoms with van der Waals surface area (Å²) < 4.78 is 0. The third-order valence-corrected chi connectivity index (χ3v) is 5.84. The third-order valence-electron chi connectivity index (χ3n) is 5.84. The molecule has 0 radical (unpaired) electrons. The van der Waals surface area contributed by atoms with Crippen LogP contribution in [0.5, 0.6) is 0 Å². The molecule has 2 saturated carbocycles. The summed E-state index contributed by atoms with van der Waals surface area (Å²) in [6.45, 7) is 1.87. The minimum Gasteiger partial charge on any atom is -0.391 e. The molecule has 29 heavy (non-hydrogen) atoms. The quantitative estimate of drug-likeness (QED) is 0.462. The van der Waals surface area contributed by atoms with Crippen molar-refractivity contribution in [3.8, 4) is 0 Å². The minimum atomic E-state index is -0.512. The molecule has 2 aliphatic rings. The predicted octanol–water partition coefficient (Wildman–Crippen LogP) is 2.85. The molecule has 0 aromatic heterocycles. The lowest BCUT2D eigenvalue weighted by atomic mass is 9.93. The number of carbonyl (C=O) groups excluding carboxylic acids is 2. The fourth-order valence-electron chi connectivity index (χ4n) is 4.06. The summed E-state index contributed by atoms with van der Waals surface area (Å²) in [6, 6.07) is 4.06. The van der Waals surface area contributed by atoms with E-state index >= 15 is 0 Å². The molecule has 0 spiro atoms. The topological polar surface area (TPSA) is 123 Å². The maximum Gasteiger partial charge on any atom is 0.319 e. The SMILES string of the molecule is Cc1ccc(NC(=O)N[C@@H]2CCCC[C@@H]2O)cc1NC(=O)N[C@H]1CCCC[C@H]1O. The van der Waals surface area contributed by atoms with Crippen LogP contribution in [-0.4, -0.2) is 46.6 Å². The molecule has 8 nitrogen and oxygen atoms in total. The zero-order valence-electron chi connectivity index (χ0n) is 16.9. The monoisotopic (exact) mass is 404 g/mol. The van der Waals surface area contributed by atoms with Gasteiger partial charge in [0, 0.05) is 11.4 Å². The number of aliphatic hydroxyl groups excluding tert-OH is 2. The number of urea groups is 2. The largest absolute Gasteiger partial charge is 0.391 e. The molecule has 0 bridgehead atoms. The predicted molar refractivity (Wildman–Crippen MR) is 112 cm³/mol. The molecule has 2 fully saturated rings. The van der Waals surface area contributed by atoms with Gasteiger partial charge in [0.2, 0.25) is 0 Å². The zero-order valence-corrected chi connectivity index (χ0v) is 16.9. The number of rotatable bonds is 4. The Balaban J connectivity index is 1.56. The standard InChI is InChI=1S/C21H32N4O4/c1-13-10-11-14(22-20(28)23-15-6-2-4-8-18(15)26)12-17(13)25-21(29)24-16-7-3-5-9-19(16)27/h10-12,15-16,18-19,26-27H,2-9H2,1H3,(H2,22,23,28)(H2,24,25,29)/t15-,16+,18+,19-/m1/s1. The Morgan fingerprint density at radius 1 is 0.828 bits per heavy atom. The van der Waals surface area contributed by atoms with Crippen molar-refractivity contribution in [1.82, 2.24) is 10.6 Å². The van der Waals surface area contributed by atoms with E-state index in [4.69, 9.17) is 0 Å². The number of hydrogen-bond donors (Lipinski definition) is 6. The van der Waals surface area contributed by atoms with Crippen LogP contribution >= 0.6 is 0 Å². The van der Waals surface area contributed by atoms with E-state index in [-0.39, 0.29) is 24.1 Å². The molecular weight excluding hydrogens is 372 g/mol. The van der Waals surface area contributed by atoms with Crippen molar-refractivity contribution in [1.29, 1.82) is 0 Å². The number of amides is 4. The van der Waals surface area contributed by atoms with E-state index in [2.05, 4.69) is 21.3 Å². The minimum absolute atomic E-state index is 0.237. The molecule has 8 heteroatoms. The molecule has 3 rings (SSSR count). The van der Waals surface area contributed by atoms with Gasteiger partial charge < -0.3 is 31.5 Å². The molecule has 0 saturated heterocycles. The maximum absolute atomic E-state index is 12.3. The van der Waals surface area contributed by atoms with Gasteiger partial charge in [-0.05, 0) is 50.3 Å². The van der Waals surface area contributed by atoms with Crippen molar-refractivity contribution < 1.29 is 19.8 Å². The molecule has 0 heterocycles. The van der Waals surface area contributed by atoms with Crippen molar-refractivity contribution in [2.75, 3.05) is 10.6 Å². The van der Waals surface area contributed by atoms with E-state index in [1.165, 1.54) is 0 Å². The van der Waals surface area contributed by atoms with Gasteiger partial charge in [-0.25, -0.2) is 9.59 Å². The fraction of sp³-hybridized carbons (Fsp3) is 0.619. The molecule has 0 unspecified atom stereocenters. The third kappa shape index (κ3) is 6.08. The first-order valence-corrected chi connectivity index (χ1v) is 10.5. The second kappa shape index (κ2) is 9.93. The Labute approximate surface area is 171 Å². The first kappa shape index (κ1) is 21.4. The van der Waals surface area contributed by atoms with Gasteiger partial charge in [0.05, 0.1) is 24.3 Å². The lowest BCUT2D eigenvalue weighted by Gasteiger charge is -2.28. The van der Waals surface area contributed by atoms with Crippen LogP contribution in [0.2, 0.25) is 0 Å². The number of anilines is 2. The lowest BCUT2D eigenvalue weighted by Crippen LogP contribution is -2.47. The number of nitrogens with one attached hydrogen (secondary N) is 4. The lowest BCUT2D eigenvalue weighted by molar-refractivity contribution is 0.0955. The molecular formula is C21H32N4O4. The summed E-state index contributed by atoms with van der Waals surface area (Å²) in [5.41, 5.74) is 1.99. The number of aliphatic hydroxyl groups is 2. The van der Waals surface area contributed by atoms with Gasteiger partial charge in [-0.15, -0.1) is 0 Å². The summed E-state index contributed by atoms with van der Waals surface area (Å²) in [5, 5.41) is 31.3. The normalized spacial score (nSPS) is 27.0. The van der Waals surface area contributed by atoms with E-state index in [9.17, 15) is 19.8 Å². The van der Waals surface area contributed by atoms with E-state index < -0.39 is 12.2 Å². The number of benzene rings is 1. The highest BCUT2D eigenvalue weighted by Gasteiger charge is 2.25. The van der Waals surface area contributed by atoms with Crippen LogP contribution in [0.25, 0.3) is 0 Å². The highest BCUT2D eigenvalue weighted by Crippen LogP contribution is 2.22. The number of hydrogen-bond acceptors (Lipinski definition) is 4. The van der Waals surface area contributed by atoms with Gasteiger partial charge in [-0.2, -0.15) is 0 Å². The van der Waals surface area contributed by atoms with Crippen molar-refractivity contribution in [2.24, 2.45) is 0 Å². The highest BCUT2D eigenvalue weighted by atomic mass is 16.3. The molecule has 1 aromatic carbocycles. The van der Waals surface area contributed by atoms with Crippen molar-refractivity contribution in [3.63, 3.8) is 0 Å². The smallest absolute Gasteiger partial charge is 0.319 e. The molecule has 1 aromatic rings. The Bertz CT molecular complexity index is 727. The van der Waals surface area contributed by atoms with Gasteiger partial charge in [-0.3, -0.25) is 0 Å². The van der Waals surface area contributed by atoms with E-state index in [1.54, 1.807) is 12.1 Å². The first-order chi connectivity index (χ1) is 13.9.